The molecule has 1 atom stereocenters. The van der Waals surface area contributed by atoms with Crippen molar-refractivity contribution in [1.82, 2.24) is 14.6 Å². The second-order valence-electron chi connectivity index (χ2n) is 3.21. The molecule has 15 heavy (non-hydrogen) atoms. The average Bonchev–Trinajstić information content (AvgIpc) is 2.62. The minimum Gasteiger partial charge on any atom is -0.220 e. The van der Waals surface area contributed by atoms with Gasteiger partial charge in [-0.05, 0) is 34.5 Å². The summed E-state index contributed by atoms with van der Waals surface area (Å²) in [5.74, 6) is 0.377. The summed E-state index contributed by atoms with van der Waals surface area (Å²) in [4.78, 5) is 4.30. The van der Waals surface area contributed by atoms with Crippen LogP contribution in [0.25, 0.3) is 5.65 Å². The van der Waals surface area contributed by atoms with E-state index in [0.717, 1.165) is 16.5 Å². The van der Waals surface area contributed by atoms with Crippen LogP contribution in [0.1, 0.15) is 25.1 Å². The summed E-state index contributed by atoms with van der Waals surface area (Å²) >= 11 is 3.36. The van der Waals surface area contributed by atoms with Crippen LogP contribution in [0.2, 0.25) is 0 Å². The average molecular weight is 265 g/mol. The van der Waals surface area contributed by atoms with Crippen LogP contribution in [0.5, 0.6) is 0 Å². The first-order chi connectivity index (χ1) is 7.24. The fourth-order valence-corrected chi connectivity index (χ4v) is 1.68. The van der Waals surface area contributed by atoms with E-state index < -0.39 is 0 Å². The van der Waals surface area contributed by atoms with Gasteiger partial charge in [0.1, 0.15) is 5.92 Å². The summed E-state index contributed by atoms with van der Waals surface area (Å²) < 4.78 is 2.62. The first kappa shape index (κ1) is 10.1. The van der Waals surface area contributed by atoms with Gasteiger partial charge in [0.2, 0.25) is 0 Å². The van der Waals surface area contributed by atoms with E-state index in [4.69, 9.17) is 5.26 Å². The number of halogens is 1. The van der Waals surface area contributed by atoms with Crippen molar-refractivity contribution in [2.75, 3.05) is 0 Å². The zero-order valence-electron chi connectivity index (χ0n) is 8.18. The van der Waals surface area contributed by atoms with Crippen LogP contribution in [-0.2, 0) is 0 Å². The zero-order valence-corrected chi connectivity index (χ0v) is 9.77. The van der Waals surface area contributed by atoms with Crippen LogP contribution in [0.3, 0.4) is 0 Å². The largest absolute Gasteiger partial charge is 0.220 e. The molecule has 0 saturated carbocycles. The number of nitriles is 1. The van der Waals surface area contributed by atoms with Crippen molar-refractivity contribution in [3.05, 3.63) is 28.6 Å². The molecule has 2 heterocycles. The van der Waals surface area contributed by atoms with Gasteiger partial charge in [-0.15, -0.1) is 5.10 Å². The number of aromatic nitrogens is 3. The third-order valence-electron chi connectivity index (χ3n) is 2.19. The number of fused-ring (bicyclic) bond motifs is 1. The molecule has 0 bridgehead atoms. The SMILES string of the molecule is CCC(C#N)c1nc2ccc(Br)cn2n1. The normalized spacial score (nSPS) is 12.6. The van der Waals surface area contributed by atoms with E-state index in [-0.39, 0.29) is 5.92 Å². The van der Waals surface area contributed by atoms with E-state index in [0.29, 0.717) is 5.82 Å². The van der Waals surface area contributed by atoms with Gasteiger partial charge in [0.25, 0.3) is 0 Å². The summed E-state index contributed by atoms with van der Waals surface area (Å²) in [6, 6.07) is 5.96. The first-order valence-electron chi connectivity index (χ1n) is 4.66. The zero-order chi connectivity index (χ0) is 10.8. The lowest BCUT2D eigenvalue weighted by Crippen LogP contribution is -1.96. The lowest BCUT2D eigenvalue weighted by molar-refractivity contribution is 0.744. The maximum absolute atomic E-state index is 8.91. The molecule has 0 fully saturated rings. The molecule has 0 aliphatic heterocycles. The molecule has 0 N–H and O–H groups in total. The molecular formula is C10H9BrN4. The Labute approximate surface area is 95.7 Å². The maximum Gasteiger partial charge on any atom is 0.168 e. The maximum atomic E-state index is 8.91. The topological polar surface area (TPSA) is 54.0 Å². The fraction of sp³-hybridized carbons (Fsp3) is 0.300. The number of pyridine rings is 1. The monoisotopic (exact) mass is 264 g/mol. The van der Waals surface area contributed by atoms with Gasteiger partial charge >= 0.3 is 0 Å². The lowest BCUT2D eigenvalue weighted by Gasteiger charge is -1.96. The van der Waals surface area contributed by atoms with Crippen LogP contribution < -0.4 is 0 Å². The Hall–Kier alpha value is -1.41. The Kier molecular flexibility index (Phi) is 2.69. The van der Waals surface area contributed by atoms with Crippen LogP contribution in [0.4, 0.5) is 0 Å². The molecule has 5 heteroatoms. The predicted octanol–water partition coefficient (Wildman–Crippen LogP) is 2.51. The molecule has 1 unspecified atom stereocenters. The van der Waals surface area contributed by atoms with Gasteiger partial charge in [0.15, 0.2) is 11.5 Å². The second kappa shape index (κ2) is 3.99. The van der Waals surface area contributed by atoms with E-state index in [1.807, 2.05) is 25.3 Å². The minimum atomic E-state index is -0.219. The van der Waals surface area contributed by atoms with Gasteiger partial charge in [-0.3, -0.25) is 0 Å². The molecule has 0 saturated heterocycles. The highest BCUT2D eigenvalue weighted by Gasteiger charge is 2.14. The Bertz CT molecular complexity index is 526. The molecule has 2 aromatic rings. The predicted molar refractivity (Wildman–Crippen MR) is 59.3 cm³/mol. The lowest BCUT2D eigenvalue weighted by atomic mass is 10.1. The summed E-state index contributed by atoms with van der Waals surface area (Å²) in [5, 5.41) is 13.2. The van der Waals surface area contributed by atoms with Gasteiger partial charge in [0, 0.05) is 10.7 Å². The van der Waals surface area contributed by atoms with E-state index in [9.17, 15) is 0 Å². The molecule has 0 aliphatic carbocycles. The summed E-state index contributed by atoms with van der Waals surface area (Å²) in [7, 11) is 0. The summed E-state index contributed by atoms with van der Waals surface area (Å²) in [5.41, 5.74) is 0.766. The van der Waals surface area contributed by atoms with Crippen LogP contribution >= 0.6 is 15.9 Å². The molecule has 0 radical (unpaired) electrons. The number of hydrogen-bond acceptors (Lipinski definition) is 3. The molecule has 2 rings (SSSR count). The molecule has 0 aliphatic rings. The third kappa shape index (κ3) is 1.85. The summed E-state index contributed by atoms with van der Waals surface area (Å²) in [6.07, 6.45) is 2.56. The van der Waals surface area contributed by atoms with Crippen molar-refractivity contribution in [2.24, 2.45) is 0 Å². The van der Waals surface area contributed by atoms with Crippen LogP contribution in [-0.4, -0.2) is 14.6 Å². The molecule has 0 amide bonds. The molecule has 0 aromatic carbocycles. The van der Waals surface area contributed by atoms with Crippen molar-refractivity contribution in [3.63, 3.8) is 0 Å². The van der Waals surface area contributed by atoms with Gasteiger partial charge in [-0.2, -0.15) is 5.26 Å². The van der Waals surface area contributed by atoms with E-state index in [2.05, 4.69) is 32.1 Å². The highest BCUT2D eigenvalue weighted by atomic mass is 79.9. The Morgan fingerprint density at radius 3 is 3.07 bits per heavy atom. The van der Waals surface area contributed by atoms with Crippen molar-refractivity contribution in [3.8, 4) is 6.07 Å². The van der Waals surface area contributed by atoms with Crippen molar-refractivity contribution in [2.45, 2.75) is 19.3 Å². The molecule has 76 valence electrons. The Morgan fingerprint density at radius 1 is 1.60 bits per heavy atom. The molecule has 2 aromatic heterocycles. The Balaban J connectivity index is 2.52. The van der Waals surface area contributed by atoms with Gasteiger partial charge in [-0.1, -0.05) is 6.92 Å². The van der Waals surface area contributed by atoms with Crippen molar-refractivity contribution < 1.29 is 0 Å². The van der Waals surface area contributed by atoms with E-state index in [1.54, 1.807) is 4.52 Å². The third-order valence-corrected chi connectivity index (χ3v) is 2.66. The minimum absolute atomic E-state index is 0.219. The van der Waals surface area contributed by atoms with Gasteiger partial charge in [0.05, 0.1) is 6.07 Å². The standard InChI is InChI=1S/C10H9BrN4/c1-2-7(5-12)10-13-9-4-3-8(11)6-15(9)14-10/h3-4,6-7H,2H2,1H3. The Morgan fingerprint density at radius 2 is 2.40 bits per heavy atom. The fourth-order valence-electron chi connectivity index (χ4n) is 1.35. The first-order valence-corrected chi connectivity index (χ1v) is 5.45. The smallest absolute Gasteiger partial charge is 0.168 e. The highest BCUT2D eigenvalue weighted by molar-refractivity contribution is 9.10. The number of nitrogens with zero attached hydrogens (tertiary/aromatic N) is 4. The number of hydrogen-bond donors (Lipinski definition) is 0. The van der Waals surface area contributed by atoms with E-state index in [1.165, 1.54) is 0 Å². The molecular weight excluding hydrogens is 256 g/mol. The molecule has 0 spiro atoms. The summed E-state index contributed by atoms with van der Waals surface area (Å²) in [6.45, 7) is 1.95. The van der Waals surface area contributed by atoms with Crippen molar-refractivity contribution >= 4 is 21.6 Å². The highest BCUT2D eigenvalue weighted by Crippen LogP contribution is 2.17. The van der Waals surface area contributed by atoms with Crippen molar-refractivity contribution in [1.29, 1.82) is 5.26 Å². The van der Waals surface area contributed by atoms with Crippen LogP contribution in [0, 0.1) is 11.3 Å². The van der Waals surface area contributed by atoms with Crippen LogP contribution in [0.15, 0.2) is 22.8 Å². The van der Waals surface area contributed by atoms with Gasteiger partial charge in [-0.25, -0.2) is 9.50 Å². The quantitative estimate of drug-likeness (QED) is 0.838. The molecule has 4 nitrogen and oxygen atoms in total. The van der Waals surface area contributed by atoms with E-state index >= 15 is 0 Å². The number of rotatable bonds is 2. The van der Waals surface area contributed by atoms with Gasteiger partial charge < -0.3 is 0 Å². The second-order valence-corrected chi connectivity index (χ2v) is 4.13.